The molecule has 0 saturated carbocycles. The molecule has 1 aliphatic rings. The van der Waals surface area contributed by atoms with Crippen molar-refractivity contribution in [2.24, 2.45) is 5.73 Å². The van der Waals surface area contributed by atoms with Gasteiger partial charge in [0, 0.05) is 10.5 Å². The van der Waals surface area contributed by atoms with E-state index in [-0.39, 0.29) is 18.4 Å². The van der Waals surface area contributed by atoms with Crippen LogP contribution in [0.15, 0.2) is 16.6 Å². The number of hydrogen-bond acceptors (Lipinski definition) is 1. The average Bonchev–Trinajstić information content (AvgIpc) is 2.35. The van der Waals surface area contributed by atoms with E-state index in [1.165, 1.54) is 11.1 Å². The fourth-order valence-electron chi connectivity index (χ4n) is 1.63. The summed E-state index contributed by atoms with van der Waals surface area (Å²) in [5.74, 6) is 0. The zero-order chi connectivity index (χ0) is 8.72. The van der Waals surface area contributed by atoms with Crippen molar-refractivity contribution in [3.8, 4) is 0 Å². The van der Waals surface area contributed by atoms with Crippen LogP contribution in [0.2, 0.25) is 5.02 Å². The Morgan fingerprint density at radius 2 is 2.15 bits per heavy atom. The van der Waals surface area contributed by atoms with Gasteiger partial charge in [0.1, 0.15) is 0 Å². The van der Waals surface area contributed by atoms with Crippen molar-refractivity contribution >= 4 is 39.9 Å². The minimum Gasteiger partial charge on any atom is -0.324 e. The topological polar surface area (TPSA) is 26.0 Å². The third kappa shape index (κ3) is 2.01. The molecule has 0 unspecified atom stereocenters. The molecule has 1 nitrogen and oxygen atoms in total. The van der Waals surface area contributed by atoms with Gasteiger partial charge in [-0.25, -0.2) is 0 Å². The smallest absolute Gasteiger partial charge is 0.0551 e. The second-order valence-electron chi connectivity index (χ2n) is 3.11. The molecule has 0 spiro atoms. The lowest BCUT2D eigenvalue weighted by Gasteiger charge is -2.05. The van der Waals surface area contributed by atoms with E-state index in [9.17, 15) is 0 Å². The first-order valence-corrected chi connectivity index (χ1v) is 5.09. The number of fused-ring (bicyclic) bond motifs is 1. The number of rotatable bonds is 0. The Morgan fingerprint density at radius 1 is 1.46 bits per heavy atom. The number of halogens is 3. The maximum absolute atomic E-state index is 5.95. The first-order chi connectivity index (χ1) is 5.68. The lowest BCUT2D eigenvalue weighted by Crippen LogP contribution is -2.04. The molecular weight excluding hydrogens is 273 g/mol. The molecule has 1 aliphatic carbocycles. The predicted octanol–water partition coefficient (Wildman–Crippen LogP) is 3.47. The number of nitrogens with two attached hydrogens (primary N) is 1. The number of aryl methyl sites for hydroxylation is 1. The van der Waals surface area contributed by atoms with Crippen LogP contribution in [0, 0.1) is 0 Å². The molecule has 0 amide bonds. The molecule has 1 atom stereocenters. The van der Waals surface area contributed by atoms with Crippen molar-refractivity contribution in [2.45, 2.75) is 18.9 Å². The molecule has 4 heteroatoms. The third-order valence-electron chi connectivity index (χ3n) is 2.31. The summed E-state index contributed by atoms with van der Waals surface area (Å²) in [6, 6.07) is 4.25. The van der Waals surface area contributed by atoms with Gasteiger partial charge >= 0.3 is 0 Å². The van der Waals surface area contributed by atoms with E-state index < -0.39 is 0 Å². The lowest BCUT2D eigenvalue weighted by atomic mass is 10.1. The van der Waals surface area contributed by atoms with Crippen LogP contribution in [0.4, 0.5) is 0 Å². The third-order valence-corrected chi connectivity index (χ3v) is 3.50. The molecule has 1 aromatic rings. The van der Waals surface area contributed by atoms with Gasteiger partial charge in [-0.2, -0.15) is 0 Å². The summed E-state index contributed by atoms with van der Waals surface area (Å²) in [4.78, 5) is 0. The van der Waals surface area contributed by atoms with E-state index in [1.807, 2.05) is 12.1 Å². The fraction of sp³-hybridized carbons (Fsp3) is 0.333. The maximum atomic E-state index is 5.95. The Labute approximate surface area is 97.2 Å². The van der Waals surface area contributed by atoms with E-state index in [0.717, 1.165) is 22.3 Å². The fourth-order valence-corrected chi connectivity index (χ4v) is 2.18. The highest BCUT2D eigenvalue weighted by molar-refractivity contribution is 9.10. The van der Waals surface area contributed by atoms with E-state index in [4.69, 9.17) is 17.3 Å². The highest BCUT2D eigenvalue weighted by atomic mass is 79.9. The molecule has 0 aliphatic heterocycles. The van der Waals surface area contributed by atoms with Crippen LogP contribution in [-0.4, -0.2) is 0 Å². The largest absolute Gasteiger partial charge is 0.324 e. The first kappa shape index (κ1) is 11.3. The maximum Gasteiger partial charge on any atom is 0.0551 e. The SMILES string of the molecule is Cl.N[C@@H]1CCc2cc(Cl)c(Br)cc21. The van der Waals surface area contributed by atoms with Gasteiger partial charge in [-0.3, -0.25) is 0 Å². The van der Waals surface area contributed by atoms with Crippen LogP contribution in [0.1, 0.15) is 23.6 Å². The van der Waals surface area contributed by atoms with Crippen LogP contribution in [0.25, 0.3) is 0 Å². The van der Waals surface area contributed by atoms with Crippen molar-refractivity contribution in [1.82, 2.24) is 0 Å². The lowest BCUT2D eigenvalue weighted by molar-refractivity contribution is 0.713. The average molecular weight is 283 g/mol. The second kappa shape index (κ2) is 4.18. The van der Waals surface area contributed by atoms with E-state index in [2.05, 4.69) is 15.9 Å². The zero-order valence-electron chi connectivity index (χ0n) is 6.89. The summed E-state index contributed by atoms with van der Waals surface area (Å²) in [6.07, 6.45) is 2.10. The Balaban J connectivity index is 0.000000845. The van der Waals surface area contributed by atoms with Crippen molar-refractivity contribution in [3.05, 3.63) is 32.8 Å². The van der Waals surface area contributed by atoms with Gasteiger partial charge in [0.15, 0.2) is 0 Å². The Morgan fingerprint density at radius 3 is 2.85 bits per heavy atom. The Bertz CT molecular complexity index is 328. The predicted molar refractivity (Wildman–Crippen MR) is 61.6 cm³/mol. The molecule has 1 aromatic carbocycles. The highest BCUT2D eigenvalue weighted by Gasteiger charge is 2.19. The molecule has 72 valence electrons. The molecule has 0 bridgehead atoms. The molecule has 0 heterocycles. The molecule has 0 aromatic heterocycles. The van der Waals surface area contributed by atoms with Crippen LogP contribution in [-0.2, 0) is 6.42 Å². The first-order valence-electron chi connectivity index (χ1n) is 3.92. The minimum absolute atomic E-state index is 0. The second-order valence-corrected chi connectivity index (χ2v) is 4.37. The summed E-state index contributed by atoms with van der Waals surface area (Å²) in [7, 11) is 0. The molecule has 13 heavy (non-hydrogen) atoms. The van der Waals surface area contributed by atoms with Crippen molar-refractivity contribution < 1.29 is 0 Å². The Kier molecular flexibility index (Phi) is 3.64. The molecule has 2 rings (SSSR count). The molecule has 0 radical (unpaired) electrons. The molecule has 0 fully saturated rings. The van der Waals surface area contributed by atoms with Gasteiger partial charge in [0.25, 0.3) is 0 Å². The van der Waals surface area contributed by atoms with E-state index in [1.54, 1.807) is 0 Å². The van der Waals surface area contributed by atoms with Gasteiger partial charge in [-0.05, 0) is 52.0 Å². The van der Waals surface area contributed by atoms with Crippen molar-refractivity contribution in [2.75, 3.05) is 0 Å². The van der Waals surface area contributed by atoms with Crippen molar-refractivity contribution in [3.63, 3.8) is 0 Å². The van der Waals surface area contributed by atoms with Gasteiger partial charge in [0.2, 0.25) is 0 Å². The van der Waals surface area contributed by atoms with Crippen LogP contribution >= 0.6 is 39.9 Å². The van der Waals surface area contributed by atoms with Crippen LogP contribution < -0.4 is 5.73 Å². The number of benzene rings is 1. The summed E-state index contributed by atoms with van der Waals surface area (Å²) in [6.45, 7) is 0. The van der Waals surface area contributed by atoms with Crippen LogP contribution in [0.5, 0.6) is 0 Å². The summed E-state index contributed by atoms with van der Waals surface area (Å²) in [5, 5.41) is 0.780. The highest BCUT2D eigenvalue weighted by Crippen LogP contribution is 2.35. The van der Waals surface area contributed by atoms with E-state index in [0.29, 0.717) is 0 Å². The number of hydrogen-bond donors (Lipinski definition) is 1. The summed E-state index contributed by atoms with van der Waals surface area (Å²) >= 11 is 9.34. The molecule has 2 N–H and O–H groups in total. The van der Waals surface area contributed by atoms with Crippen molar-refractivity contribution in [1.29, 1.82) is 0 Å². The minimum atomic E-state index is 0. The summed E-state index contributed by atoms with van der Waals surface area (Å²) < 4.78 is 0.945. The monoisotopic (exact) mass is 281 g/mol. The van der Waals surface area contributed by atoms with E-state index >= 15 is 0 Å². The van der Waals surface area contributed by atoms with Gasteiger partial charge in [0.05, 0.1) is 5.02 Å². The van der Waals surface area contributed by atoms with Gasteiger partial charge in [-0.1, -0.05) is 11.6 Å². The normalized spacial score (nSPS) is 19.5. The van der Waals surface area contributed by atoms with Gasteiger partial charge < -0.3 is 5.73 Å². The molecule has 0 saturated heterocycles. The standard InChI is InChI=1S/C9H9BrClN.ClH/c10-7-4-6-5(3-8(7)11)1-2-9(6)12;/h3-4,9H,1-2,12H2;1H/t9-;/m1./s1. The molecular formula is C9H10BrCl2N. The quantitative estimate of drug-likeness (QED) is 0.775. The summed E-state index contributed by atoms with van der Waals surface area (Å²) in [5.41, 5.74) is 8.44. The van der Waals surface area contributed by atoms with Crippen LogP contribution in [0.3, 0.4) is 0 Å². The zero-order valence-corrected chi connectivity index (χ0v) is 10.0. The van der Waals surface area contributed by atoms with Gasteiger partial charge in [-0.15, -0.1) is 12.4 Å². The Hall–Kier alpha value is 0.240.